The van der Waals surface area contributed by atoms with Crippen molar-refractivity contribution < 1.29 is 9.53 Å². The number of aromatic nitrogens is 2. The first-order valence-corrected chi connectivity index (χ1v) is 10.6. The predicted octanol–water partition coefficient (Wildman–Crippen LogP) is 3.85. The Labute approximate surface area is 168 Å². The fourth-order valence-corrected chi connectivity index (χ4v) is 5.42. The first kappa shape index (κ1) is 17.6. The molecule has 0 radical (unpaired) electrons. The quantitative estimate of drug-likeness (QED) is 0.664. The summed E-state index contributed by atoms with van der Waals surface area (Å²) in [6.45, 7) is 2.20. The third-order valence-corrected chi connectivity index (χ3v) is 7.02. The van der Waals surface area contributed by atoms with Crippen molar-refractivity contribution in [1.82, 2.24) is 14.5 Å². The summed E-state index contributed by atoms with van der Waals surface area (Å²) in [5.74, 6) is 0.865. The van der Waals surface area contributed by atoms with Crippen molar-refractivity contribution in [1.29, 1.82) is 0 Å². The standard InChI is InChI=1S/C22H23N3O2S/c1-24-18(15-23-20(24)16-5-3-2-4-6-16)21(26)25-11-9-22(10-12-25)17-8-14-28-19(17)7-13-27-22/h2-6,8,14-15H,7,9-13H2,1H3. The van der Waals surface area contributed by atoms with E-state index in [9.17, 15) is 4.79 Å². The molecule has 4 heterocycles. The van der Waals surface area contributed by atoms with Gasteiger partial charge in [0.25, 0.3) is 5.91 Å². The summed E-state index contributed by atoms with van der Waals surface area (Å²) in [5.41, 5.74) is 2.80. The van der Waals surface area contributed by atoms with Crippen LogP contribution in [-0.4, -0.2) is 40.1 Å². The second kappa shape index (κ2) is 6.87. The van der Waals surface area contributed by atoms with Crippen molar-refractivity contribution in [3.63, 3.8) is 0 Å². The lowest BCUT2D eigenvalue weighted by atomic mass is 9.82. The Hall–Kier alpha value is -2.44. The Bertz CT molecular complexity index is 1000. The molecule has 5 rings (SSSR count). The number of likely N-dealkylation sites (tertiary alicyclic amines) is 1. The van der Waals surface area contributed by atoms with E-state index >= 15 is 0 Å². The summed E-state index contributed by atoms with van der Waals surface area (Å²) in [5, 5.41) is 2.17. The third kappa shape index (κ3) is 2.79. The second-order valence-corrected chi connectivity index (χ2v) is 8.54. The molecule has 1 fully saturated rings. The zero-order chi connectivity index (χ0) is 19.1. The highest BCUT2D eigenvalue weighted by atomic mass is 32.1. The van der Waals surface area contributed by atoms with Crippen LogP contribution in [0.2, 0.25) is 0 Å². The fraction of sp³-hybridized carbons (Fsp3) is 0.364. The number of ether oxygens (including phenoxy) is 1. The molecular weight excluding hydrogens is 370 g/mol. The number of amides is 1. The molecule has 0 N–H and O–H groups in total. The van der Waals surface area contributed by atoms with Crippen LogP contribution in [0, 0.1) is 0 Å². The molecule has 2 aromatic heterocycles. The summed E-state index contributed by atoms with van der Waals surface area (Å²) in [4.78, 5) is 21.1. The van der Waals surface area contributed by atoms with Crippen LogP contribution in [0.4, 0.5) is 0 Å². The van der Waals surface area contributed by atoms with E-state index in [-0.39, 0.29) is 11.5 Å². The summed E-state index contributed by atoms with van der Waals surface area (Å²) in [7, 11) is 1.91. The zero-order valence-electron chi connectivity index (χ0n) is 15.9. The molecule has 1 spiro atoms. The van der Waals surface area contributed by atoms with E-state index in [1.54, 1.807) is 6.20 Å². The number of hydrogen-bond acceptors (Lipinski definition) is 4. The lowest BCUT2D eigenvalue weighted by molar-refractivity contribution is -0.0927. The SMILES string of the molecule is Cn1c(C(=O)N2CCC3(CC2)OCCc2sccc23)cnc1-c1ccccc1. The van der Waals surface area contributed by atoms with Crippen LogP contribution in [0.5, 0.6) is 0 Å². The lowest BCUT2D eigenvalue weighted by Crippen LogP contribution is -2.48. The molecule has 2 aliphatic rings. The van der Waals surface area contributed by atoms with Crippen LogP contribution in [0.25, 0.3) is 11.4 Å². The van der Waals surface area contributed by atoms with E-state index < -0.39 is 0 Å². The van der Waals surface area contributed by atoms with Gasteiger partial charge in [0, 0.05) is 37.0 Å². The molecule has 0 unspecified atom stereocenters. The van der Waals surface area contributed by atoms with Gasteiger partial charge in [-0.2, -0.15) is 0 Å². The molecule has 28 heavy (non-hydrogen) atoms. The molecule has 1 aromatic carbocycles. The predicted molar refractivity (Wildman–Crippen MR) is 109 cm³/mol. The Balaban J connectivity index is 1.34. The number of carbonyl (C=O) groups is 1. The minimum absolute atomic E-state index is 0.0494. The number of nitrogens with zero attached hydrogens (tertiary/aromatic N) is 3. The van der Waals surface area contributed by atoms with Crippen LogP contribution in [-0.2, 0) is 23.8 Å². The number of rotatable bonds is 2. The summed E-state index contributed by atoms with van der Waals surface area (Å²) < 4.78 is 8.16. The number of carbonyl (C=O) groups excluding carboxylic acids is 1. The monoisotopic (exact) mass is 393 g/mol. The molecule has 0 aliphatic carbocycles. The van der Waals surface area contributed by atoms with Crippen molar-refractivity contribution in [2.45, 2.75) is 24.9 Å². The van der Waals surface area contributed by atoms with Crippen molar-refractivity contribution in [2.24, 2.45) is 7.05 Å². The highest BCUT2D eigenvalue weighted by molar-refractivity contribution is 7.10. The highest BCUT2D eigenvalue weighted by Crippen LogP contribution is 2.43. The molecule has 1 amide bonds. The van der Waals surface area contributed by atoms with E-state index in [0.717, 1.165) is 37.3 Å². The second-order valence-electron chi connectivity index (χ2n) is 7.53. The van der Waals surface area contributed by atoms with Crippen LogP contribution in [0.15, 0.2) is 48.0 Å². The average Bonchev–Trinajstić information content (AvgIpc) is 3.36. The normalized spacial score (nSPS) is 18.2. The summed E-state index contributed by atoms with van der Waals surface area (Å²) in [6, 6.07) is 12.2. The van der Waals surface area contributed by atoms with Gasteiger partial charge >= 0.3 is 0 Å². The number of hydrogen-bond donors (Lipinski definition) is 0. The lowest BCUT2D eigenvalue weighted by Gasteiger charge is -2.44. The number of thiophene rings is 1. The Morgan fingerprint density at radius 1 is 1.18 bits per heavy atom. The molecule has 0 atom stereocenters. The number of piperidine rings is 1. The molecule has 2 aliphatic heterocycles. The van der Waals surface area contributed by atoms with Gasteiger partial charge in [-0.25, -0.2) is 4.98 Å². The highest BCUT2D eigenvalue weighted by Gasteiger charge is 2.42. The molecule has 144 valence electrons. The van der Waals surface area contributed by atoms with E-state index in [1.807, 2.05) is 58.2 Å². The molecule has 5 nitrogen and oxygen atoms in total. The van der Waals surface area contributed by atoms with Gasteiger partial charge < -0.3 is 14.2 Å². The van der Waals surface area contributed by atoms with Gasteiger partial charge in [0.15, 0.2) is 0 Å². The van der Waals surface area contributed by atoms with Crippen molar-refractivity contribution in [3.8, 4) is 11.4 Å². The van der Waals surface area contributed by atoms with E-state index in [1.165, 1.54) is 10.4 Å². The van der Waals surface area contributed by atoms with Gasteiger partial charge in [-0.3, -0.25) is 4.79 Å². The van der Waals surface area contributed by atoms with Gasteiger partial charge in [0.2, 0.25) is 0 Å². The molecule has 0 saturated carbocycles. The molecule has 3 aromatic rings. The molecule has 0 bridgehead atoms. The van der Waals surface area contributed by atoms with E-state index in [4.69, 9.17) is 4.74 Å². The first-order valence-electron chi connectivity index (χ1n) is 9.75. The van der Waals surface area contributed by atoms with Gasteiger partial charge in [0.05, 0.1) is 18.4 Å². The Morgan fingerprint density at radius 2 is 1.96 bits per heavy atom. The largest absolute Gasteiger partial charge is 0.370 e. The van der Waals surface area contributed by atoms with Gasteiger partial charge in [-0.05, 0) is 29.9 Å². The Kier molecular flexibility index (Phi) is 4.33. The third-order valence-electron chi connectivity index (χ3n) is 6.04. The van der Waals surface area contributed by atoms with Crippen molar-refractivity contribution >= 4 is 17.2 Å². The number of fused-ring (bicyclic) bond motifs is 2. The van der Waals surface area contributed by atoms with Gasteiger partial charge in [-0.1, -0.05) is 30.3 Å². The minimum Gasteiger partial charge on any atom is -0.370 e. The average molecular weight is 394 g/mol. The van der Waals surface area contributed by atoms with Gasteiger partial charge in [0.1, 0.15) is 11.5 Å². The smallest absolute Gasteiger partial charge is 0.272 e. The maximum atomic E-state index is 13.2. The van der Waals surface area contributed by atoms with Crippen molar-refractivity contribution in [2.75, 3.05) is 19.7 Å². The summed E-state index contributed by atoms with van der Waals surface area (Å²) in [6.07, 6.45) is 4.41. The Morgan fingerprint density at radius 3 is 2.75 bits per heavy atom. The van der Waals surface area contributed by atoms with E-state index in [0.29, 0.717) is 18.8 Å². The maximum absolute atomic E-state index is 13.2. The minimum atomic E-state index is -0.202. The number of imidazole rings is 1. The topological polar surface area (TPSA) is 47.4 Å². The number of benzene rings is 1. The maximum Gasteiger partial charge on any atom is 0.272 e. The molecule has 6 heteroatoms. The fourth-order valence-electron chi connectivity index (χ4n) is 4.47. The van der Waals surface area contributed by atoms with Crippen LogP contribution < -0.4 is 0 Å². The van der Waals surface area contributed by atoms with Crippen LogP contribution in [0.3, 0.4) is 0 Å². The zero-order valence-corrected chi connectivity index (χ0v) is 16.7. The van der Waals surface area contributed by atoms with E-state index in [2.05, 4.69) is 16.4 Å². The first-order chi connectivity index (χ1) is 13.7. The van der Waals surface area contributed by atoms with Crippen molar-refractivity contribution in [3.05, 3.63) is 64.1 Å². The summed E-state index contributed by atoms with van der Waals surface area (Å²) >= 11 is 1.83. The molecule has 1 saturated heterocycles. The van der Waals surface area contributed by atoms with Crippen LogP contribution in [0.1, 0.15) is 33.8 Å². The van der Waals surface area contributed by atoms with Crippen LogP contribution >= 0.6 is 11.3 Å². The van der Waals surface area contributed by atoms with Gasteiger partial charge in [-0.15, -0.1) is 11.3 Å². The molecular formula is C22H23N3O2S.